The van der Waals surface area contributed by atoms with Crippen molar-refractivity contribution >= 4 is 37.6 Å². The van der Waals surface area contributed by atoms with Gasteiger partial charge < -0.3 is 9.52 Å². The molecule has 1 atom stereocenters. The van der Waals surface area contributed by atoms with Crippen LogP contribution in [0.4, 0.5) is 0 Å². The summed E-state index contributed by atoms with van der Waals surface area (Å²) in [5.74, 6) is 0.160. The highest BCUT2D eigenvalue weighted by atomic mass is 79.9. The molecule has 2 N–H and O–H groups in total. The Balaban J connectivity index is 2.29. The quantitative estimate of drug-likeness (QED) is 0.816. The van der Waals surface area contributed by atoms with Gasteiger partial charge in [0.1, 0.15) is 17.3 Å². The Kier molecular flexibility index (Phi) is 5.11. The van der Waals surface area contributed by atoms with Crippen LogP contribution in [-0.4, -0.2) is 13.5 Å². The van der Waals surface area contributed by atoms with E-state index in [4.69, 9.17) is 21.1 Å². The van der Waals surface area contributed by atoms with Gasteiger partial charge >= 0.3 is 0 Å². The summed E-state index contributed by atoms with van der Waals surface area (Å²) in [6.07, 6.45) is 0. The lowest BCUT2D eigenvalue weighted by molar-refractivity contribution is 0.245. The average molecular weight is 395 g/mol. The lowest BCUT2D eigenvalue weighted by Crippen LogP contribution is -2.27. The van der Waals surface area contributed by atoms with Crippen LogP contribution in [0.25, 0.3) is 0 Å². The molecule has 0 spiro atoms. The average Bonchev–Trinajstić information content (AvgIpc) is 2.81. The van der Waals surface area contributed by atoms with E-state index < -0.39 is 16.1 Å². The predicted molar refractivity (Wildman–Crippen MR) is 82.5 cm³/mol. The predicted octanol–water partition coefficient (Wildman–Crippen LogP) is 3.23. The number of benzene rings is 1. The van der Waals surface area contributed by atoms with Crippen molar-refractivity contribution in [2.45, 2.75) is 24.5 Å². The van der Waals surface area contributed by atoms with Gasteiger partial charge in [0.15, 0.2) is 4.67 Å². The van der Waals surface area contributed by atoms with Crippen LogP contribution in [0, 0.1) is 0 Å². The molecule has 114 valence electrons. The minimum atomic E-state index is -3.80. The summed E-state index contributed by atoms with van der Waals surface area (Å²) in [5, 5.41) is 9.47. The third-order valence-electron chi connectivity index (χ3n) is 2.86. The van der Waals surface area contributed by atoms with E-state index in [1.54, 1.807) is 31.2 Å². The van der Waals surface area contributed by atoms with Crippen molar-refractivity contribution in [2.24, 2.45) is 0 Å². The SMILES string of the molecule is CC(NS(=O)(=O)c1cc(CO)oc1Br)c1ccccc1Cl. The summed E-state index contributed by atoms with van der Waals surface area (Å²) in [6, 6.07) is 7.75. The molecule has 0 saturated carbocycles. The topological polar surface area (TPSA) is 79.5 Å². The van der Waals surface area contributed by atoms with Gasteiger partial charge in [-0.1, -0.05) is 29.8 Å². The van der Waals surface area contributed by atoms with Gasteiger partial charge in [0.25, 0.3) is 0 Å². The highest BCUT2D eigenvalue weighted by Gasteiger charge is 2.25. The molecular weight excluding hydrogens is 382 g/mol. The summed E-state index contributed by atoms with van der Waals surface area (Å²) >= 11 is 9.09. The van der Waals surface area contributed by atoms with E-state index in [1.807, 2.05) is 0 Å². The summed E-state index contributed by atoms with van der Waals surface area (Å²) < 4.78 is 32.4. The van der Waals surface area contributed by atoms with Gasteiger partial charge in [-0.2, -0.15) is 0 Å². The van der Waals surface area contributed by atoms with E-state index in [0.717, 1.165) is 0 Å². The number of furan rings is 1. The maximum Gasteiger partial charge on any atom is 0.245 e. The van der Waals surface area contributed by atoms with Gasteiger partial charge in [-0.15, -0.1) is 0 Å². The number of hydrogen-bond donors (Lipinski definition) is 2. The second kappa shape index (κ2) is 6.50. The molecule has 2 rings (SSSR count). The third kappa shape index (κ3) is 3.67. The van der Waals surface area contributed by atoms with Crippen LogP contribution < -0.4 is 4.72 Å². The fourth-order valence-electron chi connectivity index (χ4n) is 1.84. The van der Waals surface area contributed by atoms with E-state index in [9.17, 15) is 8.42 Å². The van der Waals surface area contributed by atoms with Crippen molar-refractivity contribution in [3.8, 4) is 0 Å². The Bertz CT molecular complexity index is 744. The van der Waals surface area contributed by atoms with Gasteiger partial charge in [-0.25, -0.2) is 13.1 Å². The standard InChI is InChI=1S/C13H13BrClNO4S/c1-8(10-4-2-3-5-11(10)15)16-21(18,19)12-6-9(7-17)20-13(12)14/h2-6,8,16-17H,7H2,1H3. The first-order chi connectivity index (χ1) is 9.85. The Morgan fingerprint density at radius 2 is 2.10 bits per heavy atom. The molecule has 1 aromatic carbocycles. The molecule has 5 nitrogen and oxygen atoms in total. The van der Waals surface area contributed by atoms with Gasteiger partial charge in [0.2, 0.25) is 10.0 Å². The number of nitrogens with one attached hydrogen (secondary N) is 1. The zero-order valence-corrected chi connectivity index (χ0v) is 14.2. The van der Waals surface area contributed by atoms with Crippen molar-refractivity contribution < 1.29 is 17.9 Å². The van der Waals surface area contributed by atoms with Crippen LogP contribution in [-0.2, 0) is 16.6 Å². The lowest BCUT2D eigenvalue weighted by atomic mass is 10.1. The molecule has 0 aliphatic carbocycles. The second-order valence-corrected chi connectivity index (χ2v) is 7.18. The molecule has 2 aromatic rings. The van der Waals surface area contributed by atoms with Gasteiger partial charge in [0.05, 0.1) is 0 Å². The lowest BCUT2D eigenvalue weighted by Gasteiger charge is -2.15. The van der Waals surface area contributed by atoms with Crippen molar-refractivity contribution in [3.63, 3.8) is 0 Å². The summed E-state index contributed by atoms with van der Waals surface area (Å²) in [4.78, 5) is -0.0644. The monoisotopic (exact) mass is 393 g/mol. The zero-order chi connectivity index (χ0) is 15.6. The van der Waals surface area contributed by atoms with Crippen molar-refractivity contribution in [2.75, 3.05) is 0 Å². The first-order valence-corrected chi connectivity index (χ1v) is 8.66. The molecule has 0 amide bonds. The van der Waals surface area contributed by atoms with Crippen LogP contribution in [0.2, 0.25) is 5.02 Å². The summed E-state index contributed by atoms with van der Waals surface area (Å²) in [5.41, 5.74) is 0.671. The minimum Gasteiger partial charge on any atom is -0.450 e. The van der Waals surface area contributed by atoms with E-state index >= 15 is 0 Å². The molecule has 0 radical (unpaired) electrons. The van der Waals surface area contributed by atoms with E-state index in [1.165, 1.54) is 6.07 Å². The van der Waals surface area contributed by atoms with Crippen molar-refractivity contribution in [3.05, 3.63) is 51.3 Å². The molecule has 0 saturated heterocycles. The van der Waals surface area contributed by atoms with E-state index in [0.29, 0.717) is 10.6 Å². The van der Waals surface area contributed by atoms with Gasteiger partial charge in [0, 0.05) is 17.1 Å². The smallest absolute Gasteiger partial charge is 0.245 e. The van der Waals surface area contributed by atoms with Gasteiger partial charge in [-0.05, 0) is 34.5 Å². The number of rotatable bonds is 5. The van der Waals surface area contributed by atoms with Crippen LogP contribution in [0.15, 0.2) is 44.3 Å². The fraction of sp³-hybridized carbons (Fsp3) is 0.231. The molecule has 1 unspecified atom stereocenters. The molecule has 0 fully saturated rings. The minimum absolute atomic E-state index is 0.0467. The first-order valence-electron chi connectivity index (χ1n) is 6.01. The maximum absolute atomic E-state index is 12.4. The molecular formula is C13H13BrClNO4S. The Labute approximate surface area is 136 Å². The largest absolute Gasteiger partial charge is 0.450 e. The molecule has 8 heteroatoms. The van der Waals surface area contributed by atoms with Crippen molar-refractivity contribution in [1.82, 2.24) is 4.72 Å². The van der Waals surface area contributed by atoms with Crippen LogP contribution in [0.1, 0.15) is 24.3 Å². The molecule has 21 heavy (non-hydrogen) atoms. The number of sulfonamides is 1. The maximum atomic E-state index is 12.4. The Hall–Kier alpha value is -0.860. The van der Waals surface area contributed by atoms with Crippen LogP contribution in [0.5, 0.6) is 0 Å². The number of halogens is 2. The number of hydrogen-bond acceptors (Lipinski definition) is 4. The van der Waals surface area contributed by atoms with Crippen LogP contribution >= 0.6 is 27.5 Å². The first kappa shape index (κ1) is 16.5. The normalized spacial score (nSPS) is 13.3. The molecule has 1 aromatic heterocycles. The number of aliphatic hydroxyl groups is 1. The summed E-state index contributed by atoms with van der Waals surface area (Å²) in [7, 11) is -3.80. The number of aliphatic hydroxyl groups excluding tert-OH is 1. The molecule has 1 heterocycles. The highest BCUT2D eigenvalue weighted by Crippen LogP contribution is 2.29. The zero-order valence-electron chi connectivity index (χ0n) is 11.0. The van der Waals surface area contributed by atoms with E-state index in [-0.39, 0.29) is 21.9 Å². The summed E-state index contributed by atoms with van der Waals surface area (Å²) in [6.45, 7) is 1.31. The third-order valence-corrected chi connectivity index (χ3v) is 5.60. The van der Waals surface area contributed by atoms with Crippen molar-refractivity contribution in [1.29, 1.82) is 0 Å². The molecule has 0 aliphatic rings. The Morgan fingerprint density at radius 3 is 2.67 bits per heavy atom. The highest BCUT2D eigenvalue weighted by molar-refractivity contribution is 9.10. The molecule has 0 bridgehead atoms. The Morgan fingerprint density at radius 1 is 1.43 bits per heavy atom. The van der Waals surface area contributed by atoms with Crippen LogP contribution in [0.3, 0.4) is 0 Å². The fourth-order valence-corrected chi connectivity index (χ4v) is 4.36. The molecule has 0 aliphatic heterocycles. The van der Waals surface area contributed by atoms with Gasteiger partial charge in [-0.3, -0.25) is 0 Å². The second-order valence-electron chi connectivity index (χ2n) is 4.37. The van der Waals surface area contributed by atoms with E-state index in [2.05, 4.69) is 20.7 Å².